The van der Waals surface area contributed by atoms with Crippen molar-refractivity contribution in [2.45, 2.75) is 57.5 Å². The minimum Gasteiger partial charge on any atom is -0.444 e. The number of hydrogen-bond donors (Lipinski definition) is 1. The highest BCUT2D eigenvalue weighted by Gasteiger charge is 2.28. The molecule has 0 radical (unpaired) electrons. The van der Waals surface area contributed by atoms with Crippen LogP contribution in [0.5, 0.6) is 0 Å². The molecule has 1 heterocycles. The molecule has 3 nitrogen and oxygen atoms in total. The van der Waals surface area contributed by atoms with Gasteiger partial charge in [0.2, 0.25) is 5.89 Å². The highest BCUT2D eigenvalue weighted by molar-refractivity contribution is 5.22. The molecule has 0 saturated heterocycles. The molecule has 0 spiro atoms. The van der Waals surface area contributed by atoms with Crippen molar-refractivity contribution in [3.05, 3.63) is 53.7 Å². The maximum Gasteiger partial charge on any atom is 0.211 e. The summed E-state index contributed by atoms with van der Waals surface area (Å²) in [7, 11) is 0. The van der Waals surface area contributed by atoms with Gasteiger partial charge < -0.3 is 9.73 Å². The van der Waals surface area contributed by atoms with Gasteiger partial charge >= 0.3 is 0 Å². The molecule has 3 unspecified atom stereocenters. The van der Waals surface area contributed by atoms with Crippen LogP contribution in [0.2, 0.25) is 0 Å². The molecule has 2 aromatic rings. The lowest BCUT2D eigenvalue weighted by Gasteiger charge is -2.34. The van der Waals surface area contributed by atoms with E-state index in [-0.39, 0.29) is 6.04 Å². The largest absolute Gasteiger partial charge is 0.444 e. The molecular weight excluding hydrogens is 260 g/mol. The fourth-order valence-corrected chi connectivity index (χ4v) is 3.39. The Morgan fingerprint density at radius 2 is 1.95 bits per heavy atom. The zero-order valence-corrected chi connectivity index (χ0v) is 12.9. The fourth-order valence-electron chi connectivity index (χ4n) is 3.39. The van der Waals surface area contributed by atoms with Crippen molar-refractivity contribution in [2.75, 3.05) is 0 Å². The van der Waals surface area contributed by atoms with Crippen molar-refractivity contribution >= 4 is 0 Å². The van der Waals surface area contributed by atoms with Crippen LogP contribution in [0.3, 0.4) is 0 Å². The average molecular weight is 284 g/mol. The van der Waals surface area contributed by atoms with E-state index in [4.69, 9.17) is 4.42 Å². The van der Waals surface area contributed by atoms with Gasteiger partial charge in [-0.25, -0.2) is 4.98 Å². The molecule has 1 aliphatic rings. The van der Waals surface area contributed by atoms with E-state index in [1.807, 2.05) is 6.92 Å². The van der Waals surface area contributed by atoms with E-state index in [0.717, 1.165) is 11.7 Å². The Morgan fingerprint density at radius 1 is 1.19 bits per heavy atom. The summed E-state index contributed by atoms with van der Waals surface area (Å²) >= 11 is 0. The van der Waals surface area contributed by atoms with Gasteiger partial charge in [-0.1, -0.05) is 43.2 Å². The lowest BCUT2D eigenvalue weighted by Crippen LogP contribution is -2.38. The molecule has 1 aromatic carbocycles. The summed E-state index contributed by atoms with van der Waals surface area (Å²) in [6, 6.07) is 11.5. The number of rotatable bonds is 4. The van der Waals surface area contributed by atoms with Crippen LogP contribution in [0.15, 0.2) is 40.9 Å². The molecule has 3 atom stereocenters. The third-order valence-electron chi connectivity index (χ3n) is 4.47. The summed E-state index contributed by atoms with van der Waals surface area (Å²) in [6.07, 6.45) is 6.91. The van der Waals surface area contributed by atoms with E-state index in [0.29, 0.717) is 12.0 Å². The topological polar surface area (TPSA) is 38.1 Å². The normalized spacial score (nSPS) is 23.9. The third-order valence-corrected chi connectivity index (χ3v) is 4.47. The Morgan fingerprint density at radius 3 is 2.67 bits per heavy atom. The first-order valence-corrected chi connectivity index (χ1v) is 7.97. The van der Waals surface area contributed by atoms with Crippen LogP contribution in [0.1, 0.15) is 61.8 Å². The second-order valence-corrected chi connectivity index (χ2v) is 6.11. The van der Waals surface area contributed by atoms with Gasteiger partial charge in [0.25, 0.3) is 0 Å². The van der Waals surface area contributed by atoms with E-state index in [2.05, 4.69) is 47.6 Å². The molecule has 3 heteroatoms. The second-order valence-electron chi connectivity index (χ2n) is 6.11. The van der Waals surface area contributed by atoms with Gasteiger partial charge in [0.05, 0.1) is 12.2 Å². The highest BCUT2D eigenvalue weighted by Crippen LogP contribution is 2.34. The monoisotopic (exact) mass is 284 g/mol. The van der Waals surface area contributed by atoms with Crippen molar-refractivity contribution in [3.63, 3.8) is 0 Å². The first-order chi connectivity index (χ1) is 10.2. The third kappa shape index (κ3) is 3.35. The van der Waals surface area contributed by atoms with Crippen LogP contribution in [0.4, 0.5) is 0 Å². The Bertz CT molecular complexity index is 564. The fraction of sp³-hybridized carbons (Fsp3) is 0.500. The molecule has 1 aromatic heterocycles. The van der Waals surface area contributed by atoms with Crippen molar-refractivity contribution < 1.29 is 4.42 Å². The molecule has 0 bridgehead atoms. The van der Waals surface area contributed by atoms with Crippen molar-refractivity contribution in [2.24, 2.45) is 0 Å². The van der Waals surface area contributed by atoms with Gasteiger partial charge in [-0.3, -0.25) is 0 Å². The molecule has 1 fully saturated rings. The van der Waals surface area contributed by atoms with E-state index in [1.54, 1.807) is 6.20 Å². The number of oxazole rings is 1. The lowest BCUT2D eigenvalue weighted by atomic mass is 9.79. The number of nitrogens with one attached hydrogen (secondary N) is 1. The lowest BCUT2D eigenvalue weighted by molar-refractivity contribution is 0.285. The Hall–Kier alpha value is -1.61. The van der Waals surface area contributed by atoms with Gasteiger partial charge in [0.15, 0.2) is 0 Å². The minimum atomic E-state index is 0.160. The van der Waals surface area contributed by atoms with Gasteiger partial charge in [0.1, 0.15) is 5.76 Å². The predicted octanol–water partition coefficient (Wildman–Crippen LogP) is 4.36. The zero-order valence-electron chi connectivity index (χ0n) is 12.9. The number of nitrogens with zero attached hydrogens (tertiary/aromatic N) is 1. The van der Waals surface area contributed by atoms with E-state index in [9.17, 15) is 0 Å². The summed E-state index contributed by atoms with van der Waals surface area (Å²) in [5.41, 5.74) is 1.45. The van der Waals surface area contributed by atoms with Crippen molar-refractivity contribution in [1.29, 1.82) is 0 Å². The van der Waals surface area contributed by atoms with Crippen LogP contribution in [0.25, 0.3) is 0 Å². The van der Waals surface area contributed by atoms with Crippen LogP contribution < -0.4 is 5.32 Å². The molecule has 1 aliphatic carbocycles. The second kappa shape index (κ2) is 6.44. The minimum absolute atomic E-state index is 0.160. The Labute approximate surface area is 126 Å². The predicted molar refractivity (Wildman–Crippen MR) is 84.2 cm³/mol. The van der Waals surface area contributed by atoms with Gasteiger partial charge in [0, 0.05) is 6.04 Å². The summed E-state index contributed by atoms with van der Waals surface area (Å²) in [5.74, 6) is 2.27. The van der Waals surface area contributed by atoms with Gasteiger partial charge in [-0.15, -0.1) is 0 Å². The number of aromatic nitrogens is 1. The molecule has 0 amide bonds. The molecule has 21 heavy (non-hydrogen) atoms. The molecular formula is C18H24N2O. The van der Waals surface area contributed by atoms with E-state index < -0.39 is 0 Å². The zero-order chi connectivity index (χ0) is 14.7. The van der Waals surface area contributed by atoms with Gasteiger partial charge in [-0.05, 0) is 38.2 Å². The number of benzene rings is 1. The number of hydrogen-bond acceptors (Lipinski definition) is 3. The molecule has 1 saturated carbocycles. The standard InChI is InChI=1S/C18H24N2O/c1-13-12-19-18(21-13)14(2)20-17-11-7-6-10-16(17)15-8-4-3-5-9-15/h3-5,8-9,12,14,16-17,20H,6-7,10-11H2,1-2H3. The highest BCUT2D eigenvalue weighted by atomic mass is 16.4. The summed E-state index contributed by atoms with van der Waals surface area (Å²) in [4.78, 5) is 4.35. The quantitative estimate of drug-likeness (QED) is 0.906. The Kier molecular flexibility index (Phi) is 4.39. The van der Waals surface area contributed by atoms with Gasteiger partial charge in [-0.2, -0.15) is 0 Å². The van der Waals surface area contributed by atoms with Crippen molar-refractivity contribution in [3.8, 4) is 0 Å². The van der Waals surface area contributed by atoms with Crippen LogP contribution in [0, 0.1) is 6.92 Å². The molecule has 112 valence electrons. The first-order valence-electron chi connectivity index (χ1n) is 7.97. The molecule has 3 rings (SSSR count). The summed E-state index contributed by atoms with van der Waals surface area (Å²) in [5, 5.41) is 3.74. The van der Waals surface area contributed by atoms with E-state index in [1.165, 1.54) is 31.2 Å². The van der Waals surface area contributed by atoms with Crippen LogP contribution in [-0.4, -0.2) is 11.0 Å². The maximum atomic E-state index is 5.65. The smallest absolute Gasteiger partial charge is 0.211 e. The average Bonchev–Trinajstić information content (AvgIpc) is 2.95. The number of aryl methyl sites for hydroxylation is 1. The molecule has 1 N–H and O–H groups in total. The Balaban J connectivity index is 1.72. The van der Waals surface area contributed by atoms with Crippen molar-refractivity contribution in [1.82, 2.24) is 10.3 Å². The van der Waals surface area contributed by atoms with E-state index >= 15 is 0 Å². The maximum absolute atomic E-state index is 5.65. The van der Waals surface area contributed by atoms with Crippen LogP contribution >= 0.6 is 0 Å². The summed E-state index contributed by atoms with van der Waals surface area (Å²) < 4.78 is 5.65. The van der Waals surface area contributed by atoms with Crippen LogP contribution in [-0.2, 0) is 0 Å². The SMILES string of the molecule is Cc1cnc(C(C)NC2CCCCC2c2ccccc2)o1. The summed E-state index contributed by atoms with van der Waals surface area (Å²) in [6.45, 7) is 4.08. The molecule has 0 aliphatic heterocycles. The first kappa shape index (κ1) is 14.3.